The number of hydrazine groups is 1. The van der Waals surface area contributed by atoms with Gasteiger partial charge in [0.05, 0.1) is 0 Å². The van der Waals surface area contributed by atoms with E-state index in [2.05, 4.69) is 19.3 Å². The summed E-state index contributed by atoms with van der Waals surface area (Å²) in [5.41, 5.74) is 3.55. The molecule has 2 rings (SSSR count). The zero-order valence-electron chi connectivity index (χ0n) is 8.14. The van der Waals surface area contributed by atoms with E-state index in [0.29, 0.717) is 11.5 Å². The average Bonchev–Trinajstić information content (AvgIpc) is 2.85. The molecule has 0 heterocycles. The maximum Gasteiger partial charge on any atom is 0.0246 e. The first-order valence-electron chi connectivity index (χ1n) is 5.09. The molecule has 2 saturated carbocycles. The molecular weight excluding hydrogens is 148 g/mol. The number of nitrogens with two attached hydrogens (primary N) is 1. The molecule has 0 aromatic rings. The van der Waals surface area contributed by atoms with Crippen LogP contribution in [0.4, 0.5) is 0 Å². The normalized spacial score (nSPS) is 34.8. The molecule has 0 amide bonds. The smallest absolute Gasteiger partial charge is 0.0246 e. The summed E-state index contributed by atoms with van der Waals surface area (Å²) >= 11 is 0. The van der Waals surface area contributed by atoms with Gasteiger partial charge in [-0.15, -0.1) is 0 Å². The lowest BCUT2D eigenvalue weighted by Gasteiger charge is -2.16. The van der Waals surface area contributed by atoms with E-state index >= 15 is 0 Å². The Morgan fingerprint density at radius 2 is 2.08 bits per heavy atom. The second-order valence-electron chi connectivity index (χ2n) is 5.25. The first-order valence-corrected chi connectivity index (χ1v) is 5.09. The Labute approximate surface area is 74.9 Å². The van der Waals surface area contributed by atoms with Crippen LogP contribution in [-0.4, -0.2) is 6.04 Å². The highest BCUT2D eigenvalue weighted by atomic mass is 15.2. The predicted molar refractivity (Wildman–Crippen MR) is 50.3 cm³/mol. The Morgan fingerprint density at radius 1 is 1.50 bits per heavy atom. The van der Waals surface area contributed by atoms with Gasteiger partial charge in [0.2, 0.25) is 0 Å². The van der Waals surface area contributed by atoms with Crippen LogP contribution in [-0.2, 0) is 0 Å². The van der Waals surface area contributed by atoms with E-state index < -0.39 is 0 Å². The molecule has 2 nitrogen and oxygen atoms in total. The van der Waals surface area contributed by atoms with E-state index in [-0.39, 0.29) is 0 Å². The lowest BCUT2D eigenvalue weighted by Crippen LogP contribution is -2.38. The molecule has 2 heteroatoms. The van der Waals surface area contributed by atoms with Crippen molar-refractivity contribution >= 4 is 0 Å². The molecule has 0 bridgehead atoms. The van der Waals surface area contributed by atoms with Gasteiger partial charge in [0, 0.05) is 6.04 Å². The van der Waals surface area contributed by atoms with Crippen LogP contribution in [0.15, 0.2) is 0 Å². The first kappa shape index (κ1) is 8.52. The fourth-order valence-electron chi connectivity index (χ4n) is 2.26. The maximum absolute atomic E-state index is 5.56. The van der Waals surface area contributed by atoms with Gasteiger partial charge in [-0.3, -0.25) is 11.3 Å². The van der Waals surface area contributed by atoms with Crippen molar-refractivity contribution in [1.82, 2.24) is 5.43 Å². The molecule has 2 fully saturated rings. The summed E-state index contributed by atoms with van der Waals surface area (Å²) < 4.78 is 0. The third-order valence-electron chi connectivity index (χ3n) is 3.57. The number of hydrogen-bond donors (Lipinski definition) is 2. The summed E-state index contributed by atoms with van der Waals surface area (Å²) in [5.74, 6) is 7.39. The van der Waals surface area contributed by atoms with Crippen LogP contribution in [0.3, 0.4) is 0 Å². The molecule has 0 aromatic heterocycles. The third kappa shape index (κ3) is 1.64. The molecule has 0 aromatic carbocycles. The van der Waals surface area contributed by atoms with Crippen LogP contribution in [0.1, 0.15) is 39.5 Å². The Bertz CT molecular complexity index is 173. The largest absolute Gasteiger partial charge is 0.271 e. The van der Waals surface area contributed by atoms with Crippen molar-refractivity contribution in [2.24, 2.45) is 23.1 Å². The van der Waals surface area contributed by atoms with Crippen molar-refractivity contribution in [1.29, 1.82) is 0 Å². The van der Waals surface area contributed by atoms with Crippen LogP contribution >= 0.6 is 0 Å². The first-order chi connectivity index (χ1) is 5.63. The van der Waals surface area contributed by atoms with Gasteiger partial charge in [-0.2, -0.15) is 0 Å². The number of rotatable bonds is 4. The summed E-state index contributed by atoms with van der Waals surface area (Å²) in [6.45, 7) is 4.68. The molecule has 2 unspecified atom stereocenters. The standard InChI is InChI=1S/C10H20N2/c1-10(2)6-8(10)9(12-11)5-7-3-4-7/h7-9,12H,3-6,11H2,1-2H3. The van der Waals surface area contributed by atoms with Crippen molar-refractivity contribution in [3.63, 3.8) is 0 Å². The monoisotopic (exact) mass is 168 g/mol. The van der Waals surface area contributed by atoms with Crippen molar-refractivity contribution in [2.75, 3.05) is 0 Å². The minimum absolute atomic E-state index is 0.561. The van der Waals surface area contributed by atoms with E-state index in [1.165, 1.54) is 25.7 Å². The molecular formula is C10H20N2. The van der Waals surface area contributed by atoms with Crippen LogP contribution in [0, 0.1) is 17.3 Å². The summed E-state index contributed by atoms with van der Waals surface area (Å²) in [6, 6.07) is 0.590. The molecule has 2 aliphatic carbocycles. The lowest BCUT2D eigenvalue weighted by molar-refractivity contribution is 0.376. The van der Waals surface area contributed by atoms with Crippen molar-refractivity contribution in [2.45, 2.75) is 45.6 Å². The SMILES string of the molecule is CC1(C)CC1C(CC1CC1)NN. The molecule has 0 saturated heterocycles. The van der Waals surface area contributed by atoms with Gasteiger partial charge < -0.3 is 0 Å². The van der Waals surface area contributed by atoms with Gasteiger partial charge in [0.15, 0.2) is 0 Å². The van der Waals surface area contributed by atoms with E-state index in [4.69, 9.17) is 5.84 Å². The summed E-state index contributed by atoms with van der Waals surface area (Å²) in [4.78, 5) is 0. The molecule has 2 aliphatic rings. The molecule has 0 spiro atoms. The van der Waals surface area contributed by atoms with Crippen LogP contribution in [0.2, 0.25) is 0 Å². The fourth-order valence-corrected chi connectivity index (χ4v) is 2.26. The zero-order chi connectivity index (χ0) is 8.77. The fraction of sp³-hybridized carbons (Fsp3) is 1.00. The quantitative estimate of drug-likeness (QED) is 0.495. The molecule has 70 valence electrons. The molecule has 0 aliphatic heterocycles. The third-order valence-corrected chi connectivity index (χ3v) is 3.57. The van der Waals surface area contributed by atoms with E-state index in [1.807, 2.05) is 0 Å². The molecule has 12 heavy (non-hydrogen) atoms. The molecule has 0 radical (unpaired) electrons. The second-order valence-corrected chi connectivity index (χ2v) is 5.25. The Kier molecular flexibility index (Phi) is 1.92. The Morgan fingerprint density at radius 3 is 2.42 bits per heavy atom. The second kappa shape index (κ2) is 2.71. The predicted octanol–water partition coefficient (Wildman–Crippen LogP) is 1.66. The number of nitrogens with one attached hydrogen (secondary N) is 1. The lowest BCUT2D eigenvalue weighted by atomic mass is 10.00. The summed E-state index contributed by atoms with van der Waals surface area (Å²) in [7, 11) is 0. The molecule has 3 N–H and O–H groups in total. The topological polar surface area (TPSA) is 38.0 Å². The van der Waals surface area contributed by atoms with E-state index in [9.17, 15) is 0 Å². The summed E-state index contributed by atoms with van der Waals surface area (Å²) in [6.07, 6.45) is 5.54. The van der Waals surface area contributed by atoms with Crippen molar-refractivity contribution < 1.29 is 0 Å². The van der Waals surface area contributed by atoms with Crippen molar-refractivity contribution in [3.05, 3.63) is 0 Å². The van der Waals surface area contributed by atoms with Gasteiger partial charge >= 0.3 is 0 Å². The van der Waals surface area contributed by atoms with Gasteiger partial charge in [-0.05, 0) is 30.1 Å². The van der Waals surface area contributed by atoms with Gasteiger partial charge in [-0.25, -0.2) is 0 Å². The van der Waals surface area contributed by atoms with Gasteiger partial charge in [0.25, 0.3) is 0 Å². The van der Waals surface area contributed by atoms with Crippen LogP contribution in [0.5, 0.6) is 0 Å². The number of hydrogen-bond acceptors (Lipinski definition) is 2. The van der Waals surface area contributed by atoms with Crippen molar-refractivity contribution in [3.8, 4) is 0 Å². The highest BCUT2D eigenvalue weighted by Gasteiger charge is 2.50. The maximum atomic E-state index is 5.56. The van der Waals surface area contributed by atoms with Crippen LogP contribution in [0.25, 0.3) is 0 Å². The highest BCUT2D eigenvalue weighted by molar-refractivity contribution is 5.02. The van der Waals surface area contributed by atoms with E-state index in [0.717, 1.165) is 11.8 Å². The van der Waals surface area contributed by atoms with Gasteiger partial charge in [-0.1, -0.05) is 26.7 Å². The molecule has 2 atom stereocenters. The average molecular weight is 168 g/mol. The highest BCUT2D eigenvalue weighted by Crippen LogP contribution is 2.55. The Hall–Kier alpha value is -0.0800. The van der Waals surface area contributed by atoms with E-state index in [1.54, 1.807) is 0 Å². The van der Waals surface area contributed by atoms with Crippen LogP contribution < -0.4 is 11.3 Å². The Balaban J connectivity index is 1.82. The zero-order valence-corrected chi connectivity index (χ0v) is 8.14. The minimum Gasteiger partial charge on any atom is -0.271 e. The van der Waals surface area contributed by atoms with Gasteiger partial charge in [0.1, 0.15) is 0 Å². The minimum atomic E-state index is 0.561. The summed E-state index contributed by atoms with van der Waals surface area (Å²) in [5, 5.41) is 0.